The summed E-state index contributed by atoms with van der Waals surface area (Å²) in [5.41, 5.74) is 2.06. The number of carboxylic acid groups (broad SMARTS) is 1. The van der Waals surface area contributed by atoms with Crippen LogP contribution in [0.15, 0.2) is 72.8 Å². The molecule has 0 atom stereocenters. The summed E-state index contributed by atoms with van der Waals surface area (Å²) in [5.74, 6) is -1.03. The SMILES string of the molecule is O=C(O)/C=C/CNC(=O)N(Cc1ccccc1)Cc1ccccc1. The van der Waals surface area contributed by atoms with Crippen LogP contribution in [0.2, 0.25) is 0 Å². The number of carboxylic acids is 1. The second-order valence-corrected chi connectivity index (χ2v) is 5.25. The number of benzene rings is 2. The molecule has 0 spiro atoms. The van der Waals surface area contributed by atoms with Gasteiger partial charge < -0.3 is 15.3 Å². The molecule has 0 unspecified atom stereocenters. The van der Waals surface area contributed by atoms with Gasteiger partial charge in [-0.1, -0.05) is 66.7 Å². The number of urea groups is 1. The molecule has 0 aliphatic heterocycles. The van der Waals surface area contributed by atoms with Gasteiger partial charge in [0, 0.05) is 25.7 Å². The molecule has 5 nitrogen and oxygen atoms in total. The van der Waals surface area contributed by atoms with Crippen LogP contribution in [0.4, 0.5) is 4.79 Å². The van der Waals surface area contributed by atoms with Crippen LogP contribution in [0.1, 0.15) is 11.1 Å². The average molecular weight is 324 g/mol. The molecule has 2 rings (SSSR count). The highest BCUT2D eigenvalue weighted by Gasteiger charge is 2.13. The molecule has 2 amide bonds. The van der Waals surface area contributed by atoms with Crippen LogP contribution in [0.25, 0.3) is 0 Å². The zero-order valence-electron chi connectivity index (χ0n) is 13.3. The summed E-state index contributed by atoms with van der Waals surface area (Å²) in [5, 5.41) is 11.3. The lowest BCUT2D eigenvalue weighted by Crippen LogP contribution is -2.39. The van der Waals surface area contributed by atoms with Gasteiger partial charge in [-0.3, -0.25) is 0 Å². The standard InChI is InChI=1S/C19H20N2O3/c22-18(23)12-7-13-20-19(24)21(14-16-8-3-1-4-9-16)15-17-10-5-2-6-11-17/h1-12H,13-15H2,(H,20,24)(H,22,23)/b12-7+. The zero-order chi connectivity index (χ0) is 17.2. The van der Waals surface area contributed by atoms with E-state index >= 15 is 0 Å². The van der Waals surface area contributed by atoms with Crippen LogP contribution in [-0.4, -0.2) is 28.6 Å². The number of hydrogen-bond donors (Lipinski definition) is 2. The highest BCUT2D eigenvalue weighted by Crippen LogP contribution is 2.10. The van der Waals surface area contributed by atoms with E-state index in [1.807, 2.05) is 60.7 Å². The molecule has 2 aromatic rings. The molecule has 0 saturated carbocycles. The van der Waals surface area contributed by atoms with Crippen LogP contribution >= 0.6 is 0 Å². The van der Waals surface area contributed by atoms with Crippen molar-refractivity contribution in [3.63, 3.8) is 0 Å². The Morgan fingerprint density at radius 3 is 1.88 bits per heavy atom. The van der Waals surface area contributed by atoms with Crippen LogP contribution in [0, 0.1) is 0 Å². The second-order valence-electron chi connectivity index (χ2n) is 5.25. The van der Waals surface area contributed by atoms with E-state index in [2.05, 4.69) is 5.32 Å². The lowest BCUT2D eigenvalue weighted by molar-refractivity contribution is -0.131. The van der Waals surface area contributed by atoms with Crippen molar-refractivity contribution in [2.75, 3.05) is 6.54 Å². The smallest absolute Gasteiger partial charge is 0.328 e. The lowest BCUT2D eigenvalue weighted by Gasteiger charge is -2.23. The first kappa shape index (κ1) is 17.3. The van der Waals surface area contributed by atoms with Crippen LogP contribution in [0.3, 0.4) is 0 Å². The summed E-state index contributed by atoms with van der Waals surface area (Å²) >= 11 is 0. The molecule has 0 aliphatic rings. The Balaban J connectivity index is 2.03. The molecule has 24 heavy (non-hydrogen) atoms. The summed E-state index contributed by atoms with van der Waals surface area (Å²) in [6.45, 7) is 1.12. The molecular formula is C19H20N2O3. The number of hydrogen-bond acceptors (Lipinski definition) is 2. The third-order valence-corrected chi connectivity index (χ3v) is 3.35. The minimum absolute atomic E-state index is 0.172. The molecule has 5 heteroatoms. The summed E-state index contributed by atoms with van der Waals surface area (Å²) in [6, 6.07) is 19.2. The third kappa shape index (κ3) is 5.96. The van der Waals surface area contributed by atoms with Crippen molar-refractivity contribution in [1.82, 2.24) is 10.2 Å². The van der Waals surface area contributed by atoms with Crippen LogP contribution < -0.4 is 5.32 Å². The Hall–Kier alpha value is -3.08. The first-order valence-electron chi connectivity index (χ1n) is 7.65. The Morgan fingerprint density at radius 2 is 1.42 bits per heavy atom. The quantitative estimate of drug-likeness (QED) is 0.769. The molecule has 0 bridgehead atoms. The fourth-order valence-electron chi connectivity index (χ4n) is 2.22. The van der Waals surface area contributed by atoms with Crippen molar-refractivity contribution in [3.8, 4) is 0 Å². The lowest BCUT2D eigenvalue weighted by atomic mass is 10.2. The monoisotopic (exact) mass is 324 g/mol. The van der Waals surface area contributed by atoms with Gasteiger partial charge in [-0.05, 0) is 11.1 Å². The third-order valence-electron chi connectivity index (χ3n) is 3.35. The van der Waals surface area contributed by atoms with Gasteiger partial charge in [-0.15, -0.1) is 0 Å². The predicted octanol–water partition coefficient (Wildman–Crippen LogP) is 3.04. The number of nitrogens with zero attached hydrogens (tertiary/aromatic N) is 1. The molecule has 0 heterocycles. The van der Waals surface area contributed by atoms with Gasteiger partial charge in [0.15, 0.2) is 0 Å². The van der Waals surface area contributed by atoms with Gasteiger partial charge >= 0.3 is 12.0 Å². The molecule has 0 fully saturated rings. The average Bonchev–Trinajstić information content (AvgIpc) is 2.59. The zero-order valence-corrected chi connectivity index (χ0v) is 13.3. The maximum atomic E-state index is 12.4. The fraction of sp³-hybridized carbons (Fsp3) is 0.158. The van der Waals surface area contributed by atoms with Crippen molar-refractivity contribution >= 4 is 12.0 Å². The summed E-state index contributed by atoms with van der Waals surface area (Å²) < 4.78 is 0. The largest absolute Gasteiger partial charge is 0.478 e. The Labute approximate surface area is 141 Å². The summed E-state index contributed by atoms with van der Waals surface area (Å²) in [4.78, 5) is 24.6. The molecule has 0 aliphatic carbocycles. The van der Waals surface area contributed by atoms with Crippen LogP contribution in [0.5, 0.6) is 0 Å². The van der Waals surface area contributed by atoms with Crippen molar-refractivity contribution < 1.29 is 14.7 Å². The van der Waals surface area contributed by atoms with E-state index in [4.69, 9.17) is 5.11 Å². The molecule has 2 aromatic carbocycles. The highest BCUT2D eigenvalue weighted by molar-refractivity contribution is 5.80. The Morgan fingerprint density at radius 1 is 0.917 bits per heavy atom. The van der Waals surface area contributed by atoms with E-state index in [0.29, 0.717) is 13.1 Å². The van der Waals surface area contributed by atoms with E-state index < -0.39 is 5.97 Å². The van der Waals surface area contributed by atoms with Gasteiger partial charge in [-0.25, -0.2) is 9.59 Å². The van der Waals surface area contributed by atoms with E-state index in [9.17, 15) is 9.59 Å². The molecular weight excluding hydrogens is 304 g/mol. The second kappa shape index (κ2) is 9.15. The Bertz CT molecular complexity index is 643. The summed E-state index contributed by atoms with van der Waals surface area (Å²) in [7, 11) is 0. The fourth-order valence-corrected chi connectivity index (χ4v) is 2.22. The van der Waals surface area contributed by atoms with Crippen molar-refractivity contribution in [2.24, 2.45) is 0 Å². The number of aliphatic carboxylic acids is 1. The summed E-state index contributed by atoms with van der Waals surface area (Å²) in [6.07, 6.45) is 2.42. The minimum Gasteiger partial charge on any atom is -0.478 e. The number of amides is 2. The van der Waals surface area contributed by atoms with Gasteiger partial charge in [0.05, 0.1) is 0 Å². The predicted molar refractivity (Wildman–Crippen MR) is 92.3 cm³/mol. The van der Waals surface area contributed by atoms with Gasteiger partial charge in [0.2, 0.25) is 0 Å². The molecule has 2 N–H and O–H groups in total. The number of nitrogens with one attached hydrogen (secondary N) is 1. The van der Waals surface area contributed by atoms with Gasteiger partial charge in [0.1, 0.15) is 0 Å². The van der Waals surface area contributed by atoms with Crippen molar-refractivity contribution in [2.45, 2.75) is 13.1 Å². The Kier molecular flexibility index (Phi) is 6.58. The number of rotatable bonds is 7. The van der Waals surface area contributed by atoms with Gasteiger partial charge in [0.25, 0.3) is 0 Å². The molecule has 0 aromatic heterocycles. The first-order chi connectivity index (χ1) is 11.6. The molecule has 124 valence electrons. The number of carbonyl (C=O) groups is 2. The highest BCUT2D eigenvalue weighted by atomic mass is 16.4. The van der Waals surface area contributed by atoms with E-state index in [1.165, 1.54) is 6.08 Å². The molecule has 0 radical (unpaired) electrons. The maximum absolute atomic E-state index is 12.4. The minimum atomic E-state index is -1.03. The maximum Gasteiger partial charge on any atom is 0.328 e. The van der Waals surface area contributed by atoms with E-state index in [1.54, 1.807) is 4.90 Å². The van der Waals surface area contributed by atoms with Crippen LogP contribution in [-0.2, 0) is 17.9 Å². The first-order valence-corrected chi connectivity index (χ1v) is 7.65. The van der Waals surface area contributed by atoms with Gasteiger partial charge in [-0.2, -0.15) is 0 Å². The topological polar surface area (TPSA) is 69.6 Å². The van der Waals surface area contributed by atoms with Crippen molar-refractivity contribution in [1.29, 1.82) is 0 Å². The molecule has 0 saturated heterocycles. The van der Waals surface area contributed by atoms with E-state index in [-0.39, 0.29) is 12.6 Å². The van der Waals surface area contributed by atoms with E-state index in [0.717, 1.165) is 17.2 Å². The number of carbonyl (C=O) groups excluding carboxylic acids is 1. The van der Waals surface area contributed by atoms with Crippen molar-refractivity contribution in [3.05, 3.63) is 83.9 Å². The normalized spacial score (nSPS) is 10.5.